The monoisotopic (exact) mass is 172 g/mol. The van der Waals surface area contributed by atoms with E-state index in [4.69, 9.17) is 5.26 Å². The molecule has 0 unspecified atom stereocenters. The highest BCUT2D eigenvalue weighted by atomic mass is 15.1. The third-order valence-corrected chi connectivity index (χ3v) is 2.57. The quantitative estimate of drug-likeness (QED) is 0.645. The molecule has 0 saturated carbocycles. The summed E-state index contributed by atoms with van der Waals surface area (Å²) in [5.74, 6) is 0. The third kappa shape index (κ3) is 1.27. The van der Waals surface area contributed by atoms with Crippen molar-refractivity contribution in [2.45, 2.75) is 12.8 Å². The maximum absolute atomic E-state index is 8.67. The normalized spacial score (nSPS) is 14.0. The molecule has 1 heterocycles. The van der Waals surface area contributed by atoms with Gasteiger partial charge < -0.3 is 4.90 Å². The number of benzene rings is 1. The number of rotatable bonds is 1. The number of nitriles is 1. The Morgan fingerprint density at radius 3 is 3.15 bits per heavy atom. The van der Waals surface area contributed by atoms with Gasteiger partial charge in [0.15, 0.2) is 0 Å². The maximum Gasteiger partial charge on any atom is 0.0670 e. The van der Waals surface area contributed by atoms with Crippen molar-refractivity contribution in [1.29, 1.82) is 5.26 Å². The second-order valence-corrected chi connectivity index (χ2v) is 3.43. The summed E-state index contributed by atoms with van der Waals surface area (Å²) in [5, 5.41) is 8.67. The fraction of sp³-hybridized carbons (Fsp3) is 0.364. The first-order valence-corrected chi connectivity index (χ1v) is 4.52. The van der Waals surface area contributed by atoms with Crippen molar-refractivity contribution >= 4 is 5.69 Å². The average Bonchev–Trinajstić information content (AvgIpc) is 2.50. The smallest absolute Gasteiger partial charge is 0.0670 e. The van der Waals surface area contributed by atoms with Gasteiger partial charge in [0.2, 0.25) is 0 Å². The van der Waals surface area contributed by atoms with Crippen molar-refractivity contribution in [3.63, 3.8) is 0 Å². The van der Waals surface area contributed by atoms with Gasteiger partial charge in [-0.1, -0.05) is 18.2 Å². The lowest BCUT2D eigenvalue weighted by molar-refractivity contribution is 0.952. The Morgan fingerprint density at radius 1 is 1.54 bits per heavy atom. The van der Waals surface area contributed by atoms with Crippen LogP contribution in [0, 0.1) is 11.3 Å². The molecule has 0 amide bonds. The number of fused-ring (bicyclic) bond motifs is 1. The molecular formula is C11H12N2. The Bertz CT molecular complexity index is 363. The first-order chi connectivity index (χ1) is 6.33. The van der Waals surface area contributed by atoms with Crippen LogP contribution in [-0.4, -0.2) is 13.6 Å². The Balaban J connectivity index is 2.48. The van der Waals surface area contributed by atoms with Crippen LogP contribution in [0.1, 0.15) is 11.1 Å². The molecule has 1 aromatic rings. The second-order valence-electron chi connectivity index (χ2n) is 3.43. The van der Waals surface area contributed by atoms with Gasteiger partial charge >= 0.3 is 0 Å². The molecule has 1 aromatic carbocycles. The molecule has 2 nitrogen and oxygen atoms in total. The van der Waals surface area contributed by atoms with E-state index in [1.165, 1.54) is 16.8 Å². The summed E-state index contributed by atoms with van der Waals surface area (Å²) in [5.41, 5.74) is 3.83. The fourth-order valence-corrected chi connectivity index (χ4v) is 1.96. The maximum atomic E-state index is 8.67. The molecule has 66 valence electrons. The van der Waals surface area contributed by atoms with E-state index in [9.17, 15) is 0 Å². The highest BCUT2D eigenvalue weighted by Crippen LogP contribution is 2.30. The zero-order valence-electron chi connectivity index (χ0n) is 7.75. The molecule has 1 aliphatic rings. The van der Waals surface area contributed by atoms with Crippen LogP contribution in [0.25, 0.3) is 0 Å². The van der Waals surface area contributed by atoms with E-state index >= 15 is 0 Å². The molecule has 0 aliphatic carbocycles. The lowest BCUT2D eigenvalue weighted by atomic mass is 10.1. The van der Waals surface area contributed by atoms with Gasteiger partial charge in [0.05, 0.1) is 12.5 Å². The first-order valence-electron chi connectivity index (χ1n) is 4.52. The van der Waals surface area contributed by atoms with E-state index < -0.39 is 0 Å². The minimum atomic E-state index is 0.521. The molecule has 2 heteroatoms. The highest BCUT2D eigenvalue weighted by molar-refractivity contribution is 5.63. The van der Waals surface area contributed by atoms with E-state index in [2.05, 4.69) is 24.1 Å². The van der Waals surface area contributed by atoms with Gasteiger partial charge in [-0.2, -0.15) is 5.26 Å². The lowest BCUT2D eigenvalue weighted by Gasteiger charge is -2.14. The van der Waals surface area contributed by atoms with Gasteiger partial charge in [-0.3, -0.25) is 0 Å². The summed E-state index contributed by atoms with van der Waals surface area (Å²) in [4.78, 5) is 2.24. The molecule has 0 aromatic heterocycles. The molecule has 1 aliphatic heterocycles. The standard InChI is InChI=1S/C11H12N2/c1-13-8-6-10-4-2-3-9(5-7-12)11(10)13/h2-4H,5-6,8H2,1H3. The van der Waals surface area contributed by atoms with Crippen LogP contribution in [-0.2, 0) is 12.8 Å². The van der Waals surface area contributed by atoms with E-state index in [1.807, 2.05) is 12.1 Å². The largest absolute Gasteiger partial charge is 0.374 e. The number of hydrogen-bond donors (Lipinski definition) is 0. The molecule has 0 spiro atoms. The molecular weight excluding hydrogens is 160 g/mol. The molecule has 0 radical (unpaired) electrons. The van der Waals surface area contributed by atoms with Crippen LogP contribution in [0.5, 0.6) is 0 Å². The Hall–Kier alpha value is -1.49. The summed E-state index contributed by atoms with van der Waals surface area (Å²) in [6.45, 7) is 1.08. The van der Waals surface area contributed by atoms with Crippen LogP contribution in [0.3, 0.4) is 0 Å². The second kappa shape index (κ2) is 3.10. The summed E-state index contributed by atoms with van der Waals surface area (Å²) >= 11 is 0. The van der Waals surface area contributed by atoms with Gasteiger partial charge in [0.25, 0.3) is 0 Å². The lowest BCUT2D eigenvalue weighted by Crippen LogP contribution is -2.14. The number of anilines is 1. The van der Waals surface area contributed by atoms with Crippen LogP contribution >= 0.6 is 0 Å². The van der Waals surface area contributed by atoms with Crippen LogP contribution in [0.4, 0.5) is 5.69 Å². The van der Waals surface area contributed by atoms with Crippen molar-refractivity contribution in [3.8, 4) is 6.07 Å². The molecule has 0 bridgehead atoms. The van der Waals surface area contributed by atoms with Crippen molar-refractivity contribution in [1.82, 2.24) is 0 Å². The summed E-state index contributed by atoms with van der Waals surface area (Å²) < 4.78 is 0. The summed E-state index contributed by atoms with van der Waals surface area (Å²) in [6.07, 6.45) is 1.64. The van der Waals surface area contributed by atoms with Gasteiger partial charge in [-0.15, -0.1) is 0 Å². The van der Waals surface area contributed by atoms with Crippen molar-refractivity contribution in [2.24, 2.45) is 0 Å². The van der Waals surface area contributed by atoms with Gasteiger partial charge in [-0.25, -0.2) is 0 Å². The molecule has 0 saturated heterocycles. The Labute approximate surface area is 78.4 Å². The number of likely N-dealkylation sites (N-methyl/N-ethyl adjacent to an activating group) is 1. The average molecular weight is 172 g/mol. The van der Waals surface area contributed by atoms with Crippen molar-refractivity contribution < 1.29 is 0 Å². The van der Waals surface area contributed by atoms with E-state index in [0.717, 1.165) is 13.0 Å². The molecule has 0 N–H and O–H groups in total. The molecule has 13 heavy (non-hydrogen) atoms. The van der Waals surface area contributed by atoms with Crippen LogP contribution in [0.15, 0.2) is 18.2 Å². The topological polar surface area (TPSA) is 27.0 Å². The molecule has 0 atom stereocenters. The predicted octanol–water partition coefficient (Wildman–Crippen LogP) is 1.74. The first kappa shape index (κ1) is 8.12. The summed E-state index contributed by atoms with van der Waals surface area (Å²) in [7, 11) is 2.09. The van der Waals surface area contributed by atoms with E-state index in [-0.39, 0.29) is 0 Å². The number of nitrogens with zero attached hydrogens (tertiary/aromatic N) is 2. The fourth-order valence-electron chi connectivity index (χ4n) is 1.96. The summed E-state index contributed by atoms with van der Waals surface area (Å²) in [6, 6.07) is 8.45. The minimum absolute atomic E-state index is 0.521. The van der Waals surface area contributed by atoms with E-state index in [1.54, 1.807) is 0 Å². The van der Waals surface area contributed by atoms with Gasteiger partial charge in [-0.05, 0) is 17.5 Å². The predicted molar refractivity (Wildman–Crippen MR) is 52.7 cm³/mol. The number of para-hydroxylation sites is 1. The van der Waals surface area contributed by atoms with Crippen molar-refractivity contribution in [3.05, 3.63) is 29.3 Å². The zero-order chi connectivity index (χ0) is 9.26. The van der Waals surface area contributed by atoms with Crippen molar-refractivity contribution in [2.75, 3.05) is 18.5 Å². The van der Waals surface area contributed by atoms with Gasteiger partial charge in [0, 0.05) is 19.3 Å². The van der Waals surface area contributed by atoms with Crippen LogP contribution < -0.4 is 4.90 Å². The van der Waals surface area contributed by atoms with Crippen LogP contribution in [0.2, 0.25) is 0 Å². The third-order valence-electron chi connectivity index (χ3n) is 2.57. The van der Waals surface area contributed by atoms with E-state index in [0.29, 0.717) is 6.42 Å². The SMILES string of the molecule is CN1CCc2cccc(CC#N)c21. The number of hydrogen-bond acceptors (Lipinski definition) is 2. The highest BCUT2D eigenvalue weighted by Gasteiger charge is 2.18. The minimum Gasteiger partial charge on any atom is -0.374 e. The molecule has 2 rings (SSSR count). The Kier molecular flexibility index (Phi) is 1.94. The zero-order valence-corrected chi connectivity index (χ0v) is 7.75. The van der Waals surface area contributed by atoms with Gasteiger partial charge in [0.1, 0.15) is 0 Å². The molecule has 0 fully saturated rings. The Morgan fingerprint density at radius 2 is 2.38 bits per heavy atom.